The Labute approximate surface area is 258 Å². The number of anilines is 2. The smallest absolute Gasteiger partial charge is 0.429 e. The quantitative estimate of drug-likeness (QED) is 0.110. The third-order valence-corrected chi connectivity index (χ3v) is 6.61. The summed E-state index contributed by atoms with van der Waals surface area (Å²) in [4.78, 5) is 49.6. The lowest BCUT2D eigenvalue weighted by Gasteiger charge is -2.41. The normalized spacial score (nSPS) is 18.2. The molecule has 0 aliphatic carbocycles. The molecule has 1 aromatic rings. The van der Waals surface area contributed by atoms with E-state index < -0.39 is 118 Å². The highest BCUT2D eigenvalue weighted by molar-refractivity contribution is 6.30. The number of hydrogen-bond donors (Lipinski definition) is 0. The second-order valence-corrected chi connectivity index (χ2v) is 9.95. The first-order valence-electron chi connectivity index (χ1n) is 12.1. The standard InChI is InChI=1S/C25H11F17N2O5/c1-8-3-13(45)43(17(8)47)10-5-11(44-14(46)4-9(2)18(44)48)7-12(6-10)49-16(27)15(26)19(28,29)20(30,31)21(32,33)22(34,35)23(36,37)24(38,39)25(40,41)42/h5-7H,1-4H2. The van der Waals surface area contributed by atoms with Crippen LogP contribution in [-0.4, -0.2) is 65.3 Å². The van der Waals surface area contributed by atoms with Gasteiger partial charge in [0.15, 0.2) is 0 Å². The molecule has 0 saturated carbocycles. The minimum Gasteiger partial charge on any atom is -0.429 e. The first-order valence-corrected chi connectivity index (χ1v) is 12.1. The predicted molar refractivity (Wildman–Crippen MR) is 125 cm³/mol. The average molecular weight is 742 g/mol. The Morgan fingerprint density at radius 3 is 1.24 bits per heavy atom. The summed E-state index contributed by atoms with van der Waals surface area (Å²) in [6, 6.07) is -2.84. The van der Waals surface area contributed by atoms with E-state index in [0.29, 0.717) is 6.07 Å². The molecule has 2 heterocycles. The van der Waals surface area contributed by atoms with Crippen molar-refractivity contribution in [1.82, 2.24) is 0 Å². The molecular weight excluding hydrogens is 731 g/mol. The van der Waals surface area contributed by atoms with E-state index in [2.05, 4.69) is 17.9 Å². The first kappa shape index (κ1) is 38.8. The van der Waals surface area contributed by atoms with Crippen LogP contribution in [0.2, 0.25) is 0 Å². The van der Waals surface area contributed by atoms with Crippen LogP contribution in [0.15, 0.2) is 54.3 Å². The lowest BCUT2D eigenvalue weighted by atomic mass is 9.91. The molecule has 2 aliphatic rings. The number of amides is 4. The number of ether oxygens (including phenoxy) is 1. The molecule has 1 aromatic carbocycles. The molecule has 24 heteroatoms. The highest BCUT2D eigenvalue weighted by Crippen LogP contribution is 2.63. The van der Waals surface area contributed by atoms with Crippen molar-refractivity contribution in [2.75, 3.05) is 9.80 Å². The molecule has 3 rings (SSSR count). The predicted octanol–water partition coefficient (Wildman–Crippen LogP) is 7.19. The third kappa shape index (κ3) is 5.56. The van der Waals surface area contributed by atoms with Crippen molar-refractivity contribution >= 4 is 35.0 Å². The summed E-state index contributed by atoms with van der Waals surface area (Å²) in [6.07, 6.45) is -9.31. The molecule has 2 fully saturated rings. The molecule has 0 N–H and O–H groups in total. The zero-order valence-electron chi connectivity index (χ0n) is 22.9. The van der Waals surface area contributed by atoms with Gasteiger partial charge in [0.25, 0.3) is 11.8 Å². The highest BCUT2D eigenvalue weighted by atomic mass is 19.4. The van der Waals surface area contributed by atoms with Crippen LogP contribution < -0.4 is 14.5 Å². The minimum absolute atomic E-state index is 0.152. The Morgan fingerprint density at radius 2 is 0.918 bits per heavy atom. The van der Waals surface area contributed by atoms with Gasteiger partial charge in [-0.1, -0.05) is 13.2 Å². The third-order valence-electron chi connectivity index (χ3n) is 6.61. The maximum absolute atomic E-state index is 14.5. The van der Waals surface area contributed by atoms with Crippen LogP contribution in [0, 0.1) is 0 Å². The number of allylic oxidation sites excluding steroid dienone is 1. The van der Waals surface area contributed by atoms with Gasteiger partial charge in [-0.3, -0.25) is 19.2 Å². The number of hydrogen-bond acceptors (Lipinski definition) is 5. The van der Waals surface area contributed by atoms with E-state index in [1.807, 2.05) is 0 Å². The second kappa shape index (κ2) is 11.5. The summed E-state index contributed by atoms with van der Waals surface area (Å²) in [6.45, 7) is 6.43. The molecule has 0 spiro atoms. The summed E-state index contributed by atoms with van der Waals surface area (Å²) in [5.41, 5.74) is -2.64. The van der Waals surface area contributed by atoms with Gasteiger partial charge in [-0.2, -0.15) is 74.6 Å². The van der Waals surface area contributed by atoms with Gasteiger partial charge < -0.3 is 4.74 Å². The number of alkyl halides is 15. The summed E-state index contributed by atoms with van der Waals surface area (Å²) in [7, 11) is 0. The molecule has 270 valence electrons. The van der Waals surface area contributed by atoms with E-state index in [0.717, 1.165) is 0 Å². The fourth-order valence-corrected chi connectivity index (χ4v) is 4.00. The number of rotatable bonds is 10. The maximum atomic E-state index is 14.5. The first-order chi connectivity index (χ1) is 21.8. The Kier molecular flexibility index (Phi) is 9.06. The van der Waals surface area contributed by atoms with Crippen LogP contribution in [0.3, 0.4) is 0 Å². The van der Waals surface area contributed by atoms with E-state index >= 15 is 0 Å². The van der Waals surface area contributed by atoms with Crippen LogP contribution >= 0.6 is 0 Å². The lowest BCUT2D eigenvalue weighted by molar-refractivity contribution is -0.451. The molecule has 0 bridgehead atoms. The number of imide groups is 2. The number of carbonyl (C=O) groups excluding carboxylic acids is 4. The van der Waals surface area contributed by atoms with Crippen molar-refractivity contribution in [3.8, 4) is 5.75 Å². The molecule has 2 aliphatic heterocycles. The fourth-order valence-electron chi connectivity index (χ4n) is 4.00. The van der Waals surface area contributed by atoms with Gasteiger partial charge in [-0.15, -0.1) is 0 Å². The number of halogens is 17. The van der Waals surface area contributed by atoms with Crippen molar-refractivity contribution in [2.24, 2.45) is 0 Å². The van der Waals surface area contributed by atoms with E-state index in [1.54, 1.807) is 0 Å². The van der Waals surface area contributed by atoms with Gasteiger partial charge in [0.2, 0.25) is 17.6 Å². The van der Waals surface area contributed by atoms with Crippen molar-refractivity contribution in [1.29, 1.82) is 0 Å². The highest BCUT2D eigenvalue weighted by Gasteiger charge is 2.94. The molecule has 0 unspecified atom stereocenters. The van der Waals surface area contributed by atoms with Gasteiger partial charge >= 0.3 is 47.7 Å². The Hall–Kier alpha value is -4.67. The SMILES string of the molecule is C=C1CC(=O)N(c2cc(OC(F)=C(F)C(F)(F)C(F)(F)C(F)(F)C(F)(F)C(F)(F)C(F)(F)C(F)(F)F)cc(N3C(=O)CC(=C)C3=O)c2)C1=O. The van der Waals surface area contributed by atoms with Crippen molar-refractivity contribution < 1.29 is 98.6 Å². The summed E-state index contributed by atoms with van der Waals surface area (Å²) >= 11 is 0. The van der Waals surface area contributed by atoms with Crippen LogP contribution in [0.4, 0.5) is 86.0 Å². The van der Waals surface area contributed by atoms with Crippen molar-refractivity contribution in [3.63, 3.8) is 0 Å². The van der Waals surface area contributed by atoms with Gasteiger partial charge in [-0.25, -0.2) is 9.80 Å². The second-order valence-electron chi connectivity index (χ2n) is 9.95. The van der Waals surface area contributed by atoms with Crippen molar-refractivity contribution in [3.05, 3.63) is 54.3 Å². The van der Waals surface area contributed by atoms with E-state index in [9.17, 15) is 93.8 Å². The lowest BCUT2D eigenvalue weighted by Crippen LogP contribution is -2.72. The Balaban J connectivity index is 2.15. The molecule has 0 radical (unpaired) electrons. The van der Waals surface area contributed by atoms with Gasteiger partial charge in [0.05, 0.1) is 24.2 Å². The summed E-state index contributed by atoms with van der Waals surface area (Å²) < 4.78 is 234. The molecule has 0 atom stereocenters. The zero-order valence-corrected chi connectivity index (χ0v) is 22.9. The van der Waals surface area contributed by atoms with Crippen LogP contribution in [0.25, 0.3) is 0 Å². The van der Waals surface area contributed by atoms with Gasteiger partial charge in [-0.05, 0) is 6.07 Å². The van der Waals surface area contributed by atoms with Gasteiger partial charge in [0, 0.05) is 23.3 Å². The molecule has 4 amide bonds. The summed E-state index contributed by atoms with van der Waals surface area (Å²) in [5.74, 6) is -61.9. The van der Waals surface area contributed by atoms with E-state index in [4.69, 9.17) is 0 Å². The molecule has 49 heavy (non-hydrogen) atoms. The van der Waals surface area contributed by atoms with Gasteiger partial charge in [0.1, 0.15) is 5.75 Å². The minimum atomic E-state index is -8.79. The van der Waals surface area contributed by atoms with Crippen LogP contribution in [0.5, 0.6) is 5.75 Å². The number of carbonyl (C=O) groups is 4. The number of nitrogens with zero attached hydrogens (tertiary/aromatic N) is 2. The molecule has 2 saturated heterocycles. The number of benzene rings is 1. The summed E-state index contributed by atoms with van der Waals surface area (Å²) in [5, 5.41) is 0. The fraction of sp³-hybridized carbons (Fsp3) is 0.360. The Morgan fingerprint density at radius 1 is 0.571 bits per heavy atom. The average Bonchev–Trinajstić information content (AvgIpc) is 3.36. The zero-order chi connectivity index (χ0) is 38.2. The maximum Gasteiger partial charge on any atom is 0.460 e. The molecule has 7 nitrogen and oxygen atoms in total. The monoisotopic (exact) mass is 742 g/mol. The Bertz CT molecular complexity index is 1630. The van der Waals surface area contributed by atoms with Crippen LogP contribution in [-0.2, 0) is 19.2 Å². The topological polar surface area (TPSA) is 84.0 Å². The van der Waals surface area contributed by atoms with E-state index in [-0.39, 0.29) is 21.9 Å². The molecule has 0 aromatic heterocycles. The van der Waals surface area contributed by atoms with E-state index in [1.165, 1.54) is 0 Å². The van der Waals surface area contributed by atoms with Crippen molar-refractivity contribution in [2.45, 2.75) is 54.6 Å². The largest absolute Gasteiger partial charge is 0.460 e. The van der Waals surface area contributed by atoms with Crippen LogP contribution in [0.1, 0.15) is 12.8 Å². The molecular formula is C25H11F17N2O5.